The number of hydrogen-bond donors (Lipinski definition) is 1. The zero-order valence-corrected chi connectivity index (χ0v) is 13.4. The van der Waals surface area contributed by atoms with Gasteiger partial charge in [-0.2, -0.15) is 0 Å². The third-order valence-electron chi connectivity index (χ3n) is 4.25. The Hall–Kier alpha value is -1.59. The number of fused-ring (bicyclic) bond motifs is 1. The second-order valence-corrected chi connectivity index (χ2v) is 6.54. The van der Waals surface area contributed by atoms with E-state index >= 15 is 0 Å². The van der Waals surface area contributed by atoms with Gasteiger partial charge in [-0.05, 0) is 19.0 Å². The van der Waals surface area contributed by atoms with Crippen molar-refractivity contribution >= 4 is 33.0 Å². The van der Waals surface area contributed by atoms with Crippen molar-refractivity contribution in [2.24, 2.45) is 0 Å². The van der Waals surface area contributed by atoms with Crippen LogP contribution in [0.4, 0.5) is 5.69 Å². The summed E-state index contributed by atoms with van der Waals surface area (Å²) in [6.45, 7) is 8.75. The van der Waals surface area contributed by atoms with Crippen molar-refractivity contribution in [3.05, 3.63) is 28.6 Å². The number of amides is 1. The van der Waals surface area contributed by atoms with E-state index in [1.807, 2.05) is 17.0 Å². The molecule has 2 aromatic rings. The SMILES string of the molecule is CCN1CCN(C(=O)c2sc3c(C)cccc3c2N)CC1. The number of piperazine rings is 1. The molecule has 0 aliphatic carbocycles. The Labute approximate surface area is 129 Å². The van der Waals surface area contributed by atoms with Gasteiger partial charge in [-0.3, -0.25) is 4.79 Å². The average Bonchev–Trinajstić information content (AvgIpc) is 2.85. The largest absolute Gasteiger partial charge is 0.397 e. The number of likely N-dealkylation sites (N-methyl/N-ethyl adjacent to an activating group) is 1. The van der Waals surface area contributed by atoms with Crippen LogP contribution in [0.2, 0.25) is 0 Å². The molecule has 3 rings (SSSR count). The lowest BCUT2D eigenvalue weighted by Crippen LogP contribution is -2.48. The van der Waals surface area contributed by atoms with E-state index in [4.69, 9.17) is 5.73 Å². The van der Waals surface area contributed by atoms with Crippen LogP contribution in [0.15, 0.2) is 18.2 Å². The number of thiophene rings is 1. The normalized spacial score (nSPS) is 16.6. The highest BCUT2D eigenvalue weighted by Gasteiger charge is 2.25. The van der Waals surface area contributed by atoms with Crippen LogP contribution >= 0.6 is 11.3 Å². The second kappa shape index (κ2) is 5.66. The summed E-state index contributed by atoms with van der Waals surface area (Å²) < 4.78 is 1.13. The molecule has 0 saturated carbocycles. The molecule has 21 heavy (non-hydrogen) atoms. The first-order chi connectivity index (χ1) is 10.1. The molecule has 1 amide bonds. The minimum absolute atomic E-state index is 0.0869. The Morgan fingerprint density at radius 3 is 2.62 bits per heavy atom. The number of nitrogen functional groups attached to an aromatic ring is 1. The highest BCUT2D eigenvalue weighted by Crippen LogP contribution is 2.36. The van der Waals surface area contributed by atoms with Gasteiger partial charge >= 0.3 is 0 Å². The van der Waals surface area contributed by atoms with E-state index in [-0.39, 0.29) is 5.91 Å². The van der Waals surface area contributed by atoms with Crippen molar-refractivity contribution in [1.82, 2.24) is 9.80 Å². The molecule has 1 fully saturated rings. The fraction of sp³-hybridized carbons (Fsp3) is 0.438. The van der Waals surface area contributed by atoms with Crippen molar-refractivity contribution in [2.75, 3.05) is 38.5 Å². The second-order valence-electron chi connectivity index (χ2n) is 5.52. The van der Waals surface area contributed by atoms with Crippen LogP contribution < -0.4 is 5.73 Å². The van der Waals surface area contributed by atoms with Crippen LogP contribution in [0.25, 0.3) is 10.1 Å². The first kappa shape index (κ1) is 14.4. The summed E-state index contributed by atoms with van der Waals surface area (Å²) >= 11 is 1.53. The van der Waals surface area contributed by atoms with Gasteiger partial charge in [0.1, 0.15) is 4.88 Å². The topological polar surface area (TPSA) is 49.6 Å². The van der Waals surface area contributed by atoms with Gasteiger partial charge < -0.3 is 15.5 Å². The summed E-state index contributed by atoms with van der Waals surface area (Å²) in [5, 5.41) is 1.01. The lowest BCUT2D eigenvalue weighted by atomic mass is 10.1. The summed E-state index contributed by atoms with van der Waals surface area (Å²) in [5.41, 5.74) is 8.04. The van der Waals surface area contributed by atoms with Crippen molar-refractivity contribution in [1.29, 1.82) is 0 Å². The molecule has 4 nitrogen and oxygen atoms in total. The van der Waals surface area contributed by atoms with Gasteiger partial charge in [0.15, 0.2) is 0 Å². The van der Waals surface area contributed by atoms with E-state index in [2.05, 4.69) is 24.8 Å². The van der Waals surface area contributed by atoms with E-state index in [0.29, 0.717) is 10.6 Å². The van der Waals surface area contributed by atoms with Crippen molar-refractivity contribution < 1.29 is 4.79 Å². The van der Waals surface area contributed by atoms with Gasteiger partial charge in [-0.15, -0.1) is 11.3 Å². The van der Waals surface area contributed by atoms with Gasteiger partial charge in [0, 0.05) is 36.3 Å². The van der Waals surface area contributed by atoms with Gasteiger partial charge in [-0.25, -0.2) is 0 Å². The van der Waals surface area contributed by atoms with Crippen molar-refractivity contribution in [2.45, 2.75) is 13.8 Å². The van der Waals surface area contributed by atoms with Crippen LogP contribution in [0.5, 0.6) is 0 Å². The summed E-state index contributed by atoms with van der Waals surface area (Å²) in [4.78, 5) is 17.7. The Morgan fingerprint density at radius 1 is 1.29 bits per heavy atom. The maximum Gasteiger partial charge on any atom is 0.266 e. The number of rotatable bonds is 2. The third kappa shape index (κ3) is 2.51. The summed E-state index contributed by atoms with van der Waals surface area (Å²) in [7, 11) is 0. The van der Waals surface area contributed by atoms with Gasteiger partial charge in [0.05, 0.1) is 5.69 Å². The number of nitrogens with two attached hydrogens (primary N) is 1. The lowest BCUT2D eigenvalue weighted by Gasteiger charge is -2.33. The number of carbonyl (C=O) groups is 1. The quantitative estimate of drug-likeness (QED) is 0.927. The summed E-state index contributed by atoms with van der Waals surface area (Å²) in [6, 6.07) is 6.06. The Balaban J connectivity index is 1.89. The van der Waals surface area contributed by atoms with E-state index in [1.165, 1.54) is 16.9 Å². The van der Waals surface area contributed by atoms with Crippen LogP contribution in [-0.2, 0) is 0 Å². The summed E-state index contributed by atoms with van der Waals surface area (Å²) in [6.07, 6.45) is 0. The van der Waals surface area contributed by atoms with Crippen LogP contribution in [0, 0.1) is 6.92 Å². The standard InChI is InChI=1S/C16H21N3OS/c1-3-18-7-9-19(10-8-18)16(20)15-13(17)12-6-4-5-11(2)14(12)21-15/h4-6H,3,7-10,17H2,1-2H3. The summed E-state index contributed by atoms with van der Waals surface area (Å²) in [5.74, 6) is 0.0869. The molecular weight excluding hydrogens is 282 g/mol. The van der Waals surface area contributed by atoms with Crippen molar-refractivity contribution in [3.8, 4) is 0 Å². The number of aryl methyl sites for hydroxylation is 1. The number of hydrogen-bond acceptors (Lipinski definition) is 4. The zero-order chi connectivity index (χ0) is 15.0. The number of carbonyl (C=O) groups excluding carboxylic acids is 1. The maximum atomic E-state index is 12.7. The molecule has 1 aliphatic rings. The third-order valence-corrected chi connectivity index (χ3v) is 5.60. The first-order valence-electron chi connectivity index (χ1n) is 7.41. The smallest absolute Gasteiger partial charge is 0.266 e. The van der Waals surface area contributed by atoms with E-state index in [9.17, 15) is 4.79 Å². The van der Waals surface area contributed by atoms with Gasteiger partial charge in [0.2, 0.25) is 0 Å². The molecule has 1 aromatic carbocycles. The van der Waals surface area contributed by atoms with Crippen LogP contribution in [0.1, 0.15) is 22.2 Å². The zero-order valence-electron chi connectivity index (χ0n) is 12.6. The maximum absolute atomic E-state index is 12.7. The van der Waals surface area contributed by atoms with E-state index < -0.39 is 0 Å². The fourth-order valence-corrected chi connectivity index (χ4v) is 4.01. The molecule has 112 valence electrons. The molecule has 2 N–H and O–H groups in total. The molecule has 0 radical (unpaired) electrons. The molecule has 0 atom stereocenters. The predicted octanol–water partition coefficient (Wildman–Crippen LogP) is 2.57. The van der Waals surface area contributed by atoms with Crippen LogP contribution in [-0.4, -0.2) is 48.4 Å². The number of benzene rings is 1. The fourth-order valence-electron chi connectivity index (χ4n) is 2.85. The predicted molar refractivity (Wildman–Crippen MR) is 89.0 cm³/mol. The molecule has 5 heteroatoms. The molecule has 0 spiro atoms. The molecule has 1 aliphatic heterocycles. The first-order valence-corrected chi connectivity index (χ1v) is 8.22. The van der Waals surface area contributed by atoms with Crippen LogP contribution in [0.3, 0.4) is 0 Å². The highest BCUT2D eigenvalue weighted by molar-refractivity contribution is 7.21. The molecule has 0 unspecified atom stereocenters. The molecule has 0 bridgehead atoms. The van der Waals surface area contributed by atoms with Gasteiger partial charge in [0.25, 0.3) is 5.91 Å². The van der Waals surface area contributed by atoms with Gasteiger partial charge in [-0.1, -0.05) is 25.1 Å². The Kier molecular flexibility index (Phi) is 3.87. The Bertz CT molecular complexity index is 671. The monoisotopic (exact) mass is 303 g/mol. The molecule has 2 heterocycles. The lowest BCUT2D eigenvalue weighted by molar-refractivity contribution is 0.0649. The minimum atomic E-state index is 0.0869. The molecular formula is C16H21N3OS. The Morgan fingerprint density at radius 2 is 2.00 bits per heavy atom. The average molecular weight is 303 g/mol. The van der Waals surface area contributed by atoms with E-state index in [1.54, 1.807) is 0 Å². The molecule has 1 saturated heterocycles. The van der Waals surface area contributed by atoms with Crippen molar-refractivity contribution in [3.63, 3.8) is 0 Å². The highest BCUT2D eigenvalue weighted by atomic mass is 32.1. The molecule has 1 aromatic heterocycles. The number of anilines is 1. The van der Waals surface area contributed by atoms with E-state index in [0.717, 1.165) is 42.8 Å². The minimum Gasteiger partial charge on any atom is -0.397 e. The number of nitrogens with zero attached hydrogens (tertiary/aromatic N) is 2.